The van der Waals surface area contributed by atoms with Crippen molar-refractivity contribution in [3.63, 3.8) is 0 Å². The number of carbonyl (C=O) groups is 2. The molecule has 2 heterocycles. The first kappa shape index (κ1) is 24.9. The average Bonchev–Trinajstić information content (AvgIpc) is 3.25. The van der Waals surface area contributed by atoms with Crippen molar-refractivity contribution in [1.29, 1.82) is 0 Å². The van der Waals surface area contributed by atoms with Crippen molar-refractivity contribution in [1.82, 2.24) is 24.9 Å². The molecule has 0 radical (unpaired) electrons. The molecule has 3 aromatic rings. The van der Waals surface area contributed by atoms with E-state index in [0.29, 0.717) is 55.8 Å². The molecule has 1 fully saturated rings. The van der Waals surface area contributed by atoms with Crippen molar-refractivity contribution in [3.8, 4) is 5.69 Å². The lowest BCUT2D eigenvalue weighted by Crippen LogP contribution is -2.51. The predicted octanol–water partition coefficient (Wildman–Crippen LogP) is 3.80. The Morgan fingerprint density at radius 1 is 1.00 bits per heavy atom. The van der Waals surface area contributed by atoms with E-state index in [1.54, 1.807) is 24.3 Å². The third-order valence-corrected chi connectivity index (χ3v) is 6.25. The largest absolute Gasteiger partial charge is 0.349 e. The van der Waals surface area contributed by atoms with Gasteiger partial charge in [0.25, 0.3) is 5.91 Å². The molecule has 2 aromatic carbocycles. The number of nitrogens with zero attached hydrogens (tertiary/aromatic N) is 4. The molecule has 0 saturated carbocycles. The molecule has 35 heavy (non-hydrogen) atoms. The zero-order chi connectivity index (χ0) is 24.8. The summed E-state index contributed by atoms with van der Waals surface area (Å²) in [5.41, 5.74) is 3.59. The van der Waals surface area contributed by atoms with E-state index in [9.17, 15) is 9.59 Å². The summed E-state index contributed by atoms with van der Waals surface area (Å²) >= 11 is 6.02. The van der Waals surface area contributed by atoms with Crippen molar-refractivity contribution in [2.24, 2.45) is 5.92 Å². The molecule has 7 nitrogen and oxygen atoms in total. The fraction of sp³-hybridized carbons (Fsp3) is 0.370. The molecule has 0 aliphatic carbocycles. The van der Waals surface area contributed by atoms with Gasteiger partial charge in [0, 0.05) is 42.5 Å². The molecule has 184 valence electrons. The Kier molecular flexibility index (Phi) is 8.21. The van der Waals surface area contributed by atoms with Crippen LogP contribution in [0.5, 0.6) is 0 Å². The SMILES string of the molecule is CC(C)Cc1cc(CNC(=O)CN2CCN(C(=O)c3cccc(Cl)c3)CC2)nn1-c1ccccc1. The van der Waals surface area contributed by atoms with Crippen LogP contribution in [0.25, 0.3) is 5.69 Å². The maximum absolute atomic E-state index is 12.7. The van der Waals surface area contributed by atoms with Crippen molar-refractivity contribution in [3.05, 3.63) is 82.6 Å². The Balaban J connectivity index is 1.28. The molecule has 1 aliphatic heterocycles. The van der Waals surface area contributed by atoms with Gasteiger partial charge in [-0.05, 0) is 48.7 Å². The first-order valence-electron chi connectivity index (χ1n) is 12.1. The second kappa shape index (κ2) is 11.5. The number of halogens is 1. The zero-order valence-electron chi connectivity index (χ0n) is 20.3. The monoisotopic (exact) mass is 493 g/mol. The van der Waals surface area contributed by atoms with E-state index in [-0.39, 0.29) is 11.8 Å². The molecule has 0 spiro atoms. The van der Waals surface area contributed by atoms with E-state index in [1.165, 1.54) is 0 Å². The van der Waals surface area contributed by atoms with E-state index in [1.807, 2.05) is 39.9 Å². The smallest absolute Gasteiger partial charge is 0.253 e. The number of rotatable bonds is 8. The Morgan fingerprint density at radius 2 is 1.74 bits per heavy atom. The van der Waals surface area contributed by atoms with Gasteiger partial charge in [0.15, 0.2) is 0 Å². The molecular formula is C27H32ClN5O2. The number of carbonyl (C=O) groups excluding carboxylic acids is 2. The number of hydrogen-bond acceptors (Lipinski definition) is 4. The van der Waals surface area contributed by atoms with Crippen molar-refractivity contribution < 1.29 is 9.59 Å². The standard InChI is InChI=1S/C27H32ClN5O2/c1-20(2)15-25-17-23(30-33(25)24-9-4-3-5-10-24)18-29-26(34)19-31-11-13-32(14-12-31)27(35)21-7-6-8-22(28)16-21/h3-10,16-17,20H,11-15,18-19H2,1-2H3,(H,29,34). The van der Waals surface area contributed by atoms with Gasteiger partial charge in [0.1, 0.15) is 0 Å². The van der Waals surface area contributed by atoms with Crippen LogP contribution in [0.2, 0.25) is 5.02 Å². The summed E-state index contributed by atoms with van der Waals surface area (Å²) in [5.74, 6) is 0.433. The fourth-order valence-corrected chi connectivity index (χ4v) is 4.47. The van der Waals surface area contributed by atoms with Crippen LogP contribution in [0.4, 0.5) is 0 Å². The molecule has 1 aromatic heterocycles. The van der Waals surface area contributed by atoms with Crippen molar-refractivity contribution >= 4 is 23.4 Å². The molecule has 0 unspecified atom stereocenters. The number of aromatic nitrogens is 2. The summed E-state index contributed by atoms with van der Waals surface area (Å²) < 4.78 is 1.97. The third kappa shape index (κ3) is 6.71. The lowest BCUT2D eigenvalue weighted by Gasteiger charge is -2.34. The van der Waals surface area contributed by atoms with Crippen LogP contribution in [0, 0.1) is 5.92 Å². The Morgan fingerprint density at radius 3 is 2.43 bits per heavy atom. The number of para-hydroxylation sites is 1. The Labute approximate surface area is 211 Å². The number of hydrogen-bond donors (Lipinski definition) is 1. The van der Waals surface area contributed by atoms with Gasteiger partial charge in [-0.3, -0.25) is 14.5 Å². The highest BCUT2D eigenvalue weighted by Crippen LogP contribution is 2.17. The van der Waals surface area contributed by atoms with Gasteiger partial charge in [-0.2, -0.15) is 5.10 Å². The van der Waals surface area contributed by atoms with E-state index in [4.69, 9.17) is 16.7 Å². The lowest BCUT2D eigenvalue weighted by molar-refractivity contribution is -0.122. The first-order valence-corrected chi connectivity index (χ1v) is 12.4. The van der Waals surface area contributed by atoms with Gasteiger partial charge in [-0.15, -0.1) is 0 Å². The predicted molar refractivity (Wildman–Crippen MR) is 138 cm³/mol. The summed E-state index contributed by atoms with van der Waals surface area (Å²) in [4.78, 5) is 29.2. The van der Waals surface area contributed by atoms with Crippen molar-refractivity contribution in [2.45, 2.75) is 26.8 Å². The summed E-state index contributed by atoms with van der Waals surface area (Å²) in [6.07, 6.45) is 0.911. The van der Waals surface area contributed by atoms with Crippen LogP contribution >= 0.6 is 11.6 Å². The molecular weight excluding hydrogens is 462 g/mol. The van der Waals surface area contributed by atoms with Crippen LogP contribution in [0.3, 0.4) is 0 Å². The highest BCUT2D eigenvalue weighted by molar-refractivity contribution is 6.30. The Hall–Kier alpha value is -3.16. The quantitative estimate of drug-likeness (QED) is 0.518. The van der Waals surface area contributed by atoms with Gasteiger partial charge in [0.05, 0.1) is 24.5 Å². The molecule has 4 rings (SSSR count). The van der Waals surface area contributed by atoms with Gasteiger partial charge >= 0.3 is 0 Å². The topological polar surface area (TPSA) is 70.5 Å². The van der Waals surface area contributed by atoms with Crippen LogP contribution in [-0.4, -0.2) is 64.1 Å². The minimum absolute atomic E-state index is 0.0252. The van der Waals surface area contributed by atoms with E-state index < -0.39 is 0 Å². The van der Waals surface area contributed by atoms with Crippen LogP contribution in [0.15, 0.2) is 60.7 Å². The second-order valence-electron chi connectivity index (χ2n) is 9.33. The number of nitrogens with one attached hydrogen (secondary N) is 1. The van der Waals surface area contributed by atoms with Gasteiger partial charge in [-0.1, -0.05) is 49.7 Å². The number of benzene rings is 2. The summed E-state index contributed by atoms with van der Waals surface area (Å²) in [6, 6.07) is 19.1. The molecule has 8 heteroatoms. The molecule has 0 atom stereocenters. The van der Waals surface area contributed by atoms with E-state index in [0.717, 1.165) is 23.5 Å². The highest BCUT2D eigenvalue weighted by Gasteiger charge is 2.23. The summed E-state index contributed by atoms with van der Waals surface area (Å²) in [6.45, 7) is 7.53. The minimum Gasteiger partial charge on any atom is -0.349 e. The van der Waals surface area contributed by atoms with Gasteiger partial charge in [0.2, 0.25) is 5.91 Å². The molecule has 1 N–H and O–H groups in total. The maximum atomic E-state index is 12.7. The molecule has 1 aliphatic rings. The summed E-state index contributed by atoms with van der Waals surface area (Å²) in [7, 11) is 0. The normalized spacial score (nSPS) is 14.3. The van der Waals surface area contributed by atoms with Crippen molar-refractivity contribution in [2.75, 3.05) is 32.7 Å². The minimum atomic E-state index is -0.0423. The highest BCUT2D eigenvalue weighted by atomic mass is 35.5. The fourth-order valence-electron chi connectivity index (χ4n) is 4.28. The second-order valence-corrected chi connectivity index (χ2v) is 9.76. The van der Waals surface area contributed by atoms with Crippen LogP contribution in [-0.2, 0) is 17.8 Å². The Bertz CT molecular complexity index is 1150. The average molecular weight is 494 g/mol. The zero-order valence-corrected chi connectivity index (χ0v) is 21.0. The van der Waals surface area contributed by atoms with Gasteiger partial charge in [-0.25, -0.2) is 4.68 Å². The maximum Gasteiger partial charge on any atom is 0.253 e. The van der Waals surface area contributed by atoms with E-state index >= 15 is 0 Å². The van der Waals surface area contributed by atoms with Gasteiger partial charge < -0.3 is 10.2 Å². The molecule has 2 amide bonds. The first-order chi connectivity index (χ1) is 16.9. The number of amides is 2. The number of piperazine rings is 1. The van der Waals surface area contributed by atoms with E-state index in [2.05, 4.69) is 30.1 Å². The molecule has 0 bridgehead atoms. The van der Waals surface area contributed by atoms with Crippen LogP contribution in [0.1, 0.15) is 35.6 Å². The summed E-state index contributed by atoms with van der Waals surface area (Å²) in [5, 5.41) is 8.31. The third-order valence-electron chi connectivity index (χ3n) is 6.02. The molecule has 1 saturated heterocycles. The van der Waals surface area contributed by atoms with Crippen LogP contribution < -0.4 is 5.32 Å². The lowest BCUT2D eigenvalue weighted by atomic mass is 10.1.